The zero-order chi connectivity index (χ0) is 26.3. The number of pyridine rings is 1. The Morgan fingerprint density at radius 1 is 1.26 bits per heavy atom. The largest absolute Gasteiger partial charge is 0.475 e. The van der Waals surface area contributed by atoms with Crippen molar-refractivity contribution in [1.82, 2.24) is 14.9 Å². The molecule has 3 rings (SSSR count). The number of sulfonamides is 1. The Kier molecular flexibility index (Phi) is 7.44. The van der Waals surface area contributed by atoms with Crippen LogP contribution in [0.5, 0.6) is 0 Å². The van der Waals surface area contributed by atoms with Crippen molar-refractivity contribution in [1.29, 1.82) is 0 Å². The maximum Gasteiger partial charge on any atom is 0.417 e. The standard InChI is InChI=1S/C20H20Cl2F3N5O4S/c1-4-29-18(30(10(2)3)17(27-29)19(31)32)16-15(7-11(21)9-26-16)28-35(33,34)12-5-6-14(22)13(8-12)20(23,24)25/h5-10,18,28H,4H2,1-3H3,(H,31,32). The van der Waals surface area contributed by atoms with E-state index in [1.807, 2.05) is 0 Å². The van der Waals surface area contributed by atoms with Crippen LogP contribution in [-0.2, 0) is 21.0 Å². The SMILES string of the molecule is CCN1N=C(C(=O)O)N(C(C)C)C1c1ncc(Cl)cc1NS(=O)(=O)c1ccc(Cl)c(C(F)(F)F)c1. The molecule has 190 valence electrons. The molecule has 9 nitrogen and oxygen atoms in total. The summed E-state index contributed by atoms with van der Waals surface area (Å²) < 4.78 is 68.2. The zero-order valence-electron chi connectivity index (χ0n) is 18.5. The number of nitrogens with one attached hydrogen (secondary N) is 1. The van der Waals surface area contributed by atoms with Crippen LogP contribution in [0.15, 0.2) is 40.5 Å². The first kappa shape index (κ1) is 26.8. The first-order valence-corrected chi connectivity index (χ1v) is 12.3. The van der Waals surface area contributed by atoms with Crippen molar-refractivity contribution < 1.29 is 31.5 Å². The van der Waals surface area contributed by atoms with Gasteiger partial charge in [0.15, 0.2) is 6.17 Å². The Bertz CT molecular complexity index is 1290. The third-order valence-corrected chi connectivity index (χ3v) is 6.91. The van der Waals surface area contributed by atoms with Gasteiger partial charge in [-0.15, -0.1) is 5.10 Å². The number of halogens is 5. The van der Waals surface area contributed by atoms with E-state index in [0.29, 0.717) is 6.07 Å². The average molecular weight is 554 g/mol. The van der Waals surface area contributed by atoms with Gasteiger partial charge in [0.05, 0.1) is 26.2 Å². The predicted octanol–water partition coefficient (Wildman–Crippen LogP) is 4.65. The monoisotopic (exact) mass is 553 g/mol. The number of aromatic nitrogens is 1. The second kappa shape index (κ2) is 9.70. The Morgan fingerprint density at radius 3 is 2.46 bits per heavy atom. The number of carboxylic acid groups (broad SMARTS) is 1. The molecule has 2 aromatic rings. The number of hydrazone groups is 1. The predicted molar refractivity (Wildman–Crippen MR) is 124 cm³/mol. The van der Waals surface area contributed by atoms with E-state index < -0.39 is 43.8 Å². The molecule has 1 aliphatic rings. The molecule has 1 aliphatic heterocycles. The van der Waals surface area contributed by atoms with E-state index in [2.05, 4.69) is 14.8 Å². The minimum absolute atomic E-state index is 0.0371. The molecule has 0 fully saturated rings. The number of hydrogen-bond acceptors (Lipinski definition) is 7. The van der Waals surface area contributed by atoms with Crippen molar-refractivity contribution in [2.24, 2.45) is 5.10 Å². The number of nitrogens with zero attached hydrogens (tertiary/aromatic N) is 4. The number of carbonyl (C=O) groups is 1. The highest BCUT2D eigenvalue weighted by Crippen LogP contribution is 2.39. The minimum Gasteiger partial charge on any atom is -0.475 e. The number of benzene rings is 1. The van der Waals surface area contributed by atoms with Gasteiger partial charge >= 0.3 is 12.1 Å². The molecule has 1 aromatic heterocycles. The fraction of sp³-hybridized carbons (Fsp3) is 0.350. The number of aliphatic carboxylic acids is 1. The van der Waals surface area contributed by atoms with E-state index in [4.69, 9.17) is 23.2 Å². The van der Waals surface area contributed by atoms with Gasteiger partial charge in [-0.25, -0.2) is 13.2 Å². The maximum atomic E-state index is 13.3. The first-order chi connectivity index (χ1) is 16.2. The lowest BCUT2D eigenvalue weighted by molar-refractivity contribution is -0.137. The van der Waals surface area contributed by atoms with Crippen molar-refractivity contribution in [3.8, 4) is 0 Å². The molecule has 0 spiro atoms. The zero-order valence-corrected chi connectivity index (χ0v) is 20.8. The van der Waals surface area contributed by atoms with E-state index in [0.717, 1.165) is 12.1 Å². The van der Waals surface area contributed by atoms with Gasteiger partial charge in [-0.3, -0.25) is 14.7 Å². The fourth-order valence-corrected chi connectivity index (χ4v) is 4.99. The van der Waals surface area contributed by atoms with Crippen LogP contribution < -0.4 is 4.72 Å². The fourth-order valence-electron chi connectivity index (χ4n) is 3.51. The number of anilines is 1. The maximum absolute atomic E-state index is 13.3. The second-order valence-corrected chi connectivity index (χ2v) is 10.2. The average Bonchev–Trinajstić information content (AvgIpc) is 3.13. The topological polar surface area (TPSA) is 115 Å². The highest BCUT2D eigenvalue weighted by atomic mass is 35.5. The molecular weight excluding hydrogens is 534 g/mol. The van der Waals surface area contributed by atoms with Gasteiger partial charge in [-0.1, -0.05) is 23.2 Å². The van der Waals surface area contributed by atoms with Crippen LogP contribution in [-0.4, -0.2) is 52.8 Å². The van der Waals surface area contributed by atoms with Crippen LogP contribution in [0.3, 0.4) is 0 Å². The van der Waals surface area contributed by atoms with E-state index in [1.165, 1.54) is 22.2 Å². The first-order valence-electron chi connectivity index (χ1n) is 10.1. The molecule has 2 heterocycles. The molecule has 0 aliphatic carbocycles. The van der Waals surface area contributed by atoms with Gasteiger partial charge in [-0.05, 0) is 45.0 Å². The van der Waals surface area contributed by atoms with Gasteiger partial charge < -0.3 is 10.0 Å². The summed E-state index contributed by atoms with van der Waals surface area (Å²) in [6, 6.07) is 3.02. The second-order valence-electron chi connectivity index (χ2n) is 7.69. The molecule has 0 saturated heterocycles. The number of amidine groups is 1. The number of carboxylic acids is 1. The highest BCUT2D eigenvalue weighted by molar-refractivity contribution is 7.92. The Hall–Kier alpha value is -2.77. The van der Waals surface area contributed by atoms with Crippen LogP contribution in [0.4, 0.5) is 18.9 Å². The Morgan fingerprint density at radius 2 is 1.91 bits per heavy atom. The lowest BCUT2D eigenvalue weighted by Crippen LogP contribution is -2.43. The Labute approximate surface area is 209 Å². The van der Waals surface area contributed by atoms with Crippen LogP contribution in [0.1, 0.15) is 38.2 Å². The molecule has 15 heteroatoms. The van der Waals surface area contributed by atoms with Crippen LogP contribution in [0.2, 0.25) is 10.0 Å². The van der Waals surface area contributed by atoms with Crippen molar-refractivity contribution >= 4 is 50.7 Å². The van der Waals surface area contributed by atoms with E-state index in [9.17, 15) is 31.5 Å². The molecule has 0 saturated carbocycles. The summed E-state index contributed by atoms with van der Waals surface area (Å²) in [6.45, 7) is 5.40. The molecule has 0 radical (unpaired) electrons. The summed E-state index contributed by atoms with van der Waals surface area (Å²) in [4.78, 5) is 16.8. The summed E-state index contributed by atoms with van der Waals surface area (Å²) in [5.41, 5.74) is -1.42. The summed E-state index contributed by atoms with van der Waals surface area (Å²) in [6.07, 6.45) is -4.57. The summed E-state index contributed by atoms with van der Waals surface area (Å²) >= 11 is 11.6. The highest BCUT2D eigenvalue weighted by Gasteiger charge is 2.42. The van der Waals surface area contributed by atoms with Crippen molar-refractivity contribution in [3.05, 3.63) is 51.8 Å². The molecule has 0 amide bonds. The third-order valence-electron chi connectivity index (χ3n) is 5.01. The lowest BCUT2D eigenvalue weighted by atomic mass is 10.2. The van der Waals surface area contributed by atoms with Crippen molar-refractivity contribution in [3.63, 3.8) is 0 Å². The van der Waals surface area contributed by atoms with E-state index in [-0.39, 0.29) is 34.8 Å². The molecule has 35 heavy (non-hydrogen) atoms. The molecule has 1 unspecified atom stereocenters. The van der Waals surface area contributed by atoms with Gasteiger partial charge in [-0.2, -0.15) is 13.2 Å². The summed E-state index contributed by atoms with van der Waals surface area (Å²) in [5.74, 6) is -1.57. The van der Waals surface area contributed by atoms with Crippen molar-refractivity contribution in [2.45, 2.75) is 44.1 Å². The lowest BCUT2D eigenvalue weighted by Gasteiger charge is -2.34. The van der Waals surface area contributed by atoms with Crippen LogP contribution >= 0.6 is 23.2 Å². The Balaban J connectivity index is 2.11. The van der Waals surface area contributed by atoms with Gasteiger partial charge in [0.1, 0.15) is 5.69 Å². The quantitative estimate of drug-likeness (QED) is 0.512. The molecule has 1 aromatic carbocycles. The summed E-state index contributed by atoms with van der Waals surface area (Å²) in [7, 11) is -4.57. The van der Waals surface area contributed by atoms with Gasteiger partial charge in [0.2, 0.25) is 5.84 Å². The van der Waals surface area contributed by atoms with Crippen molar-refractivity contribution in [2.75, 3.05) is 11.3 Å². The number of alkyl halides is 3. The van der Waals surface area contributed by atoms with Crippen LogP contribution in [0, 0.1) is 0 Å². The normalized spacial score (nSPS) is 16.6. The molecule has 2 N–H and O–H groups in total. The van der Waals surface area contributed by atoms with E-state index >= 15 is 0 Å². The number of hydrogen-bond donors (Lipinski definition) is 2. The minimum atomic E-state index is -4.88. The van der Waals surface area contributed by atoms with Crippen LogP contribution in [0.25, 0.3) is 0 Å². The smallest absolute Gasteiger partial charge is 0.417 e. The molecule has 1 atom stereocenters. The molecular formula is C20H20Cl2F3N5O4S. The summed E-state index contributed by atoms with van der Waals surface area (Å²) in [5, 5.41) is 14.5. The van der Waals surface area contributed by atoms with Gasteiger partial charge in [0, 0.05) is 18.8 Å². The third kappa shape index (κ3) is 5.41. The molecule has 0 bridgehead atoms. The number of rotatable bonds is 7. The van der Waals surface area contributed by atoms with Gasteiger partial charge in [0.25, 0.3) is 10.0 Å². The van der Waals surface area contributed by atoms with E-state index in [1.54, 1.807) is 20.8 Å².